The number of benzene rings is 2. The molecule has 0 aliphatic rings. The molecule has 128 valence electrons. The highest BCUT2D eigenvalue weighted by Gasteiger charge is 2.10. The van der Waals surface area contributed by atoms with Gasteiger partial charge in [-0.15, -0.1) is 0 Å². The Balaban J connectivity index is 1.81. The molecule has 0 spiro atoms. The number of aromatic nitrogens is 2. The van der Waals surface area contributed by atoms with Crippen molar-refractivity contribution in [3.8, 4) is 11.6 Å². The smallest absolute Gasteiger partial charge is 0.223 e. The number of hydrogen-bond donors (Lipinski definition) is 0. The van der Waals surface area contributed by atoms with Crippen molar-refractivity contribution in [3.63, 3.8) is 0 Å². The minimum atomic E-state index is 0.318. The quantitative estimate of drug-likeness (QED) is 0.404. The lowest BCUT2D eigenvalue weighted by atomic mass is 10.1. The summed E-state index contributed by atoms with van der Waals surface area (Å²) in [5.74, 6) is 2.55. The molecule has 0 bridgehead atoms. The Morgan fingerprint density at radius 1 is 0.960 bits per heavy atom. The Hall–Kier alpha value is -2.33. The van der Waals surface area contributed by atoms with Crippen molar-refractivity contribution >= 4 is 11.8 Å². The van der Waals surface area contributed by atoms with Crippen molar-refractivity contribution in [1.82, 2.24) is 9.97 Å². The monoisotopic (exact) mass is 350 g/mol. The van der Waals surface area contributed by atoms with Gasteiger partial charge in [-0.2, -0.15) is 4.98 Å². The first-order valence-electron chi connectivity index (χ1n) is 8.40. The zero-order chi connectivity index (χ0) is 17.6. The van der Waals surface area contributed by atoms with Crippen LogP contribution in [0.1, 0.15) is 36.6 Å². The van der Waals surface area contributed by atoms with Gasteiger partial charge in [0.2, 0.25) is 5.88 Å². The van der Waals surface area contributed by atoms with E-state index in [-0.39, 0.29) is 0 Å². The van der Waals surface area contributed by atoms with E-state index in [9.17, 15) is 0 Å². The van der Waals surface area contributed by atoms with Gasteiger partial charge in [-0.3, -0.25) is 0 Å². The average Bonchev–Trinajstić information content (AvgIpc) is 2.61. The molecule has 1 heterocycles. The van der Waals surface area contributed by atoms with Crippen LogP contribution in [0.25, 0.3) is 0 Å². The Kier molecular flexibility index (Phi) is 5.71. The van der Waals surface area contributed by atoms with Gasteiger partial charge >= 0.3 is 0 Å². The molecule has 0 saturated carbocycles. The van der Waals surface area contributed by atoms with Crippen LogP contribution in [-0.2, 0) is 5.75 Å². The first-order chi connectivity index (χ1) is 12.1. The summed E-state index contributed by atoms with van der Waals surface area (Å²) in [7, 11) is 0. The maximum atomic E-state index is 5.98. The van der Waals surface area contributed by atoms with Crippen LogP contribution in [0, 0.1) is 6.92 Å². The summed E-state index contributed by atoms with van der Waals surface area (Å²) >= 11 is 1.63. The first kappa shape index (κ1) is 17.5. The summed E-state index contributed by atoms with van der Waals surface area (Å²) in [6.07, 6.45) is 0. The molecule has 0 aliphatic carbocycles. The third-order valence-electron chi connectivity index (χ3n) is 3.72. The topological polar surface area (TPSA) is 35.0 Å². The fourth-order valence-corrected chi connectivity index (χ4v) is 3.17. The molecule has 0 N–H and O–H groups in total. The Morgan fingerprint density at radius 3 is 2.48 bits per heavy atom. The minimum Gasteiger partial charge on any atom is -0.439 e. The predicted molar refractivity (Wildman–Crippen MR) is 103 cm³/mol. The summed E-state index contributed by atoms with van der Waals surface area (Å²) in [4.78, 5) is 9.26. The highest BCUT2D eigenvalue weighted by Crippen LogP contribution is 2.27. The summed E-state index contributed by atoms with van der Waals surface area (Å²) < 4.78 is 5.98. The maximum Gasteiger partial charge on any atom is 0.223 e. The zero-order valence-electron chi connectivity index (χ0n) is 14.8. The zero-order valence-corrected chi connectivity index (χ0v) is 15.6. The van der Waals surface area contributed by atoms with E-state index in [2.05, 4.69) is 35.9 Å². The van der Waals surface area contributed by atoms with Crippen molar-refractivity contribution in [2.75, 3.05) is 0 Å². The molecule has 0 amide bonds. The second-order valence-electron chi connectivity index (χ2n) is 6.26. The molecule has 0 unspecified atom stereocenters. The Bertz CT molecular complexity index is 834. The van der Waals surface area contributed by atoms with Crippen LogP contribution in [0.15, 0.2) is 65.8 Å². The number of ether oxygens (including phenoxy) is 1. The van der Waals surface area contributed by atoms with E-state index in [1.165, 1.54) is 5.56 Å². The van der Waals surface area contributed by atoms with Crippen LogP contribution >= 0.6 is 11.8 Å². The largest absolute Gasteiger partial charge is 0.439 e. The molecular formula is C21H22N2OS. The van der Waals surface area contributed by atoms with E-state index in [0.717, 1.165) is 27.9 Å². The molecule has 3 rings (SSSR count). The third-order valence-corrected chi connectivity index (χ3v) is 4.63. The molecule has 3 nitrogen and oxygen atoms in total. The van der Waals surface area contributed by atoms with Gasteiger partial charge in [-0.05, 0) is 36.1 Å². The second kappa shape index (κ2) is 8.17. The number of rotatable bonds is 6. The molecule has 0 radical (unpaired) electrons. The van der Waals surface area contributed by atoms with Gasteiger partial charge in [0.15, 0.2) is 5.16 Å². The fraction of sp³-hybridized carbons (Fsp3) is 0.238. The van der Waals surface area contributed by atoms with Crippen molar-refractivity contribution in [3.05, 3.63) is 77.5 Å². The van der Waals surface area contributed by atoms with E-state index in [4.69, 9.17) is 4.74 Å². The van der Waals surface area contributed by atoms with E-state index >= 15 is 0 Å². The molecule has 0 fully saturated rings. The Morgan fingerprint density at radius 2 is 1.76 bits per heavy atom. The van der Waals surface area contributed by atoms with Crippen molar-refractivity contribution in [2.24, 2.45) is 0 Å². The highest BCUT2D eigenvalue weighted by atomic mass is 32.2. The van der Waals surface area contributed by atoms with Crippen LogP contribution in [0.3, 0.4) is 0 Å². The molecular weight excluding hydrogens is 328 g/mol. The fourth-order valence-electron chi connectivity index (χ4n) is 2.36. The standard InChI is InChI=1S/C21H22N2OS/c1-15(2)19-13-20(24-18-11-7-8-16(3)12-18)23-21(22-19)25-14-17-9-5-4-6-10-17/h4-13,15H,14H2,1-3H3. The number of hydrogen-bond acceptors (Lipinski definition) is 4. The molecule has 0 atom stereocenters. The summed E-state index contributed by atoms with van der Waals surface area (Å²) in [6, 6.07) is 20.3. The van der Waals surface area contributed by atoms with E-state index in [1.54, 1.807) is 11.8 Å². The second-order valence-corrected chi connectivity index (χ2v) is 7.20. The molecule has 2 aromatic carbocycles. The van der Waals surface area contributed by atoms with Gasteiger partial charge in [0.05, 0.1) is 5.69 Å². The average molecular weight is 350 g/mol. The molecule has 0 saturated heterocycles. The van der Waals surface area contributed by atoms with Crippen molar-refractivity contribution in [2.45, 2.75) is 37.6 Å². The third kappa shape index (κ3) is 5.07. The van der Waals surface area contributed by atoms with Gasteiger partial charge in [-0.25, -0.2) is 4.98 Å². The highest BCUT2D eigenvalue weighted by molar-refractivity contribution is 7.98. The van der Waals surface area contributed by atoms with Crippen LogP contribution in [0.4, 0.5) is 0 Å². The lowest BCUT2D eigenvalue weighted by Crippen LogP contribution is -2.00. The van der Waals surface area contributed by atoms with Gasteiger partial charge in [0, 0.05) is 11.8 Å². The minimum absolute atomic E-state index is 0.318. The van der Waals surface area contributed by atoms with Crippen LogP contribution < -0.4 is 4.74 Å². The van der Waals surface area contributed by atoms with Crippen LogP contribution in [0.2, 0.25) is 0 Å². The van der Waals surface area contributed by atoms with E-state index < -0.39 is 0 Å². The molecule has 3 aromatic rings. The number of aryl methyl sites for hydroxylation is 1. The first-order valence-corrected chi connectivity index (χ1v) is 9.39. The van der Waals surface area contributed by atoms with E-state index in [0.29, 0.717) is 11.8 Å². The SMILES string of the molecule is Cc1cccc(Oc2cc(C(C)C)nc(SCc3ccccc3)n2)c1. The maximum absolute atomic E-state index is 5.98. The summed E-state index contributed by atoms with van der Waals surface area (Å²) in [5.41, 5.74) is 3.41. The lowest BCUT2D eigenvalue weighted by Gasteiger charge is -2.11. The van der Waals surface area contributed by atoms with Crippen molar-refractivity contribution < 1.29 is 4.74 Å². The molecule has 25 heavy (non-hydrogen) atoms. The van der Waals surface area contributed by atoms with Crippen LogP contribution in [0.5, 0.6) is 11.6 Å². The summed E-state index contributed by atoms with van der Waals surface area (Å²) in [6.45, 7) is 6.31. The van der Waals surface area contributed by atoms with Gasteiger partial charge < -0.3 is 4.74 Å². The van der Waals surface area contributed by atoms with Crippen molar-refractivity contribution in [1.29, 1.82) is 0 Å². The summed E-state index contributed by atoms with van der Waals surface area (Å²) in [5, 5.41) is 0.748. The van der Waals surface area contributed by atoms with Crippen LogP contribution in [-0.4, -0.2) is 9.97 Å². The molecule has 1 aromatic heterocycles. The lowest BCUT2D eigenvalue weighted by molar-refractivity contribution is 0.452. The predicted octanol–water partition coefficient (Wildman–Crippen LogP) is 5.99. The number of thioether (sulfide) groups is 1. The molecule has 0 aliphatic heterocycles. The van der Waals surface area contributed by atoms with Gasteiger partial charge in [0.25, 0.3) is 0 Å². The normalized spacial score (nSPS) is 10.9. The van der Waals surface area contributed by atoms with Gasteiger partial charge in [0.1, 0.15) is 5.75 Å². The Labute approximate surface area is 153 Å². The van der Waals surface area contributed by atoms with E-state index in [1.807, 2.05) is 55.5 Å². The molecule has 4 heteroatoms. The van der Waals surface area contributed by atoms with Gasteiger partial charge in [-0.1, -0.05) is 68.1 Å². The number of nitrogens with zero attached hydrogens (tertiary/aromatic N) is 2.